The second-order valence-electron chi connectivity index (χ2n) is 7.75. The van der Waals surface area contributed by atoms with Gasteiger partial charge in [0.2, 0.25) is 0 Å². The quantitative estimate of drug-likeness (QED) is 0.509. The zero-order valence-electron chi connectivity index (χ0n) is 17.0. The van der Waals surface area contributed by atoms with E-state index in [1.54, 1.807) is 6.07 Å². The van der Waals surface area contributed by atoms with Gasteiger partial charge in [0.15, 0.2) is 12.4 Å². The molecule has 1 unspecified atom stereocenters. The van der Waals surface area contributed by atoms with Crippen molar-refractivity contribution < 1.29 is 24.5 Å². The Morgan fingerprint density at radius 3 is 2.66 bits per heavy atom. The summed E-state index contributed by atoms with van der Waals surface area (Å²) in [7, 11) is 0. The number of fused-ring (bicyclic) bond motifs is 1. The largest absolute Gasteiger partial charge is 0.506 e. The Morgan fingerprint density at radius 2 is 1.97 bits per heavy atom. The molecule has 2 aromatic carbocycles. The maximum atomic E-state index is 11.5. The number of carbonyl (C=O) groups excluding carboxylic acids is 1. The van der Waals surface area contributed by atoms with Crippen LogP contribution >= 0.6 is 0 Å². The molecule has 2 aromatic rings. The Labute approximate surface area is 170 Å². The maximum Gasteiger partial charge on any atom is 0.262 e. The second kappa shape index (κ2) is 8.71. The molecule has 1 aliphatic heterocycles. The molecule has 0 bridgehead atoms. The second-order valence-corrected chi connectivity index (χ2v) is 7.75. The number of rotatable bonds is 8. The van der Waals surface area contributed by atoms with Crippen LogP contribution in [0.3, 0.4) is 0 Å². The van der Waals surface area contributed by atoms with Crippen LogP contribution in [0.25, 0.3) is 0 Å². The topological polar surface area (TPSA) is 100 Å². The molecule has 1 atom stereocenters. The molecular weight excluding hydrogens is 372 g/mol. The molecule has 0 spiro atoms. The van der Waals surface area contributed by atoms with E-state index < -0.39 is 6.10 Å². The van der Waals surface area contributed by atoms with E-state index >= 15 is 0 Å². The number of phenols is 1. The Balaban J connectivity index is 1.64. The molecule has 29 heavy (non-hydrogen) atoms. The Hall–Kier alpha value is -2.77. The molecule has 1 aliphatic rings. The van der Waals surface area contributed by atoms with E-state index in [4.69, 9.17) is 9.47 Å². The van der Waals surface area contributed by atoms with Crippen molar-refractivity contribution in [1.29, 1.82) is 0 Å². The van der Waals surface area contributed by atoms with Gasteiger partial charge >= 0.3 is 0 Å². The van der Waals surface area contributed by atoms with E-state index in [0.717, 1.165) is 17.7 Å². The minimum Gasteiger partial charge on any atom is -0.506 e. The first-order valence-electron chi connectivity index (χ1n) is 9.72. The fourth-order valence-electron chi connectivity index (χ4n) is 3.37. The summed E-state index contributed by atoms with van der Waals surface area (Å²) in [5, 5.41) is 26.6. The van der Waals surface area contributed by atoms with Crippen LogP contribution in [0.15, 0.2) is 36.4 Å². The molecule has 7 nitrogen and oxygen atoms in total. The van der Waals surface area contributed by atoms with Crippen molar-refractivity contribution in [2.24, 2.45) is 0 Å². The van der Waals surface area contributed by atoms with Crippen molar-refractivity contribution in [2.75, 3.05) is 25.1 Å². The number of hydrogen-bond acceptors (Lipinski definition) is 6. The van der Waals surface area contributed by atoms with E-state index in [-0.39, 0.29) is 29.5 Å². The van der Waals surface area contributed by atoms with E-state index in [1.165, 1.54) is 6.07 Å². The van der Waals surface area contributed by atoms with Crippen molar-refractivity contribution in [3.8, 4) is 17.2 Å². The summed E-state index contributed by atoms with van der Waals surface area (Å²) >= 11 is 0. The Kier molecular flexibility index (Phi) is 6.30. The van der Waals surface area contributed by atoms with Gasteiger partial charge < -0.3 is 30.3 Å². The zero-order chi connectivity index (χ0) is 21.0. The minimum absolute atomic E-state index is 0.0900. The highest BCUT2D eigenvalue weighted by Gasteiger charge is 2.27. The lowest BCUT2D eigenvalue weighted by atomic mass is 9.94. The van der Waals surface area contributed by atoms with Crippen LogP contribution in [0.1, 0.15) is 38.0 Å². The van der Waals surface area contributed by atoms with Crippen LogP contribution in [-0.4, -0.2) is 41.4 Å². The highest BCUT2D eigenvalue weighted by molar-refractivity contribution is 5.97. The number of carbonyl (C=O) groups is 1. The van der Waals surface area contributed by atoms with Crippen LogP contribution < -0.4 is 20.1 Å². The van der Waals surface area contributed by atoms with Crippen LogP contribution in [0.2, 0.25) is 0 Å². The molecule has 0 saturated carbocycles. The van der Waals surface area contributed by atoms with E-state index in [2.05, 4.69) is 24.5 Å². The molecule has 7 heteroatoms. The summed E-state index contributed by atoms with van der Waals surface area (Å²) in [6.45, 7) is 6.87. The first-order valence-corrected chi connectivity index (χ1v) is 9.72. The fourth-order valence-corrected chi connectivity index (χ4v) is 3.37. The van der Waals surface area contributed by atoms with Crippen molar-refractivity contribution >= 4 is 11.6 Å². The monoisotopic (exact) mass is 400 g/mol. The number of phenolic OH excluding ortho intramolecular Hbond substituents is 1. The number of aliphatic hydroxyl groups excluding tert-OH is 1. The number of amides is 1. The van der Waals surface area contributed by atoms with E-state index in [1.807, 2.05) is 31.2 Å². The fraction of sp³-hybridized carbons (Fsp3) is 0.409. The molecule has 0 radical (unpaired) electrons. The minimum atomic E-state index is -0.862. The van der Waals surface area contributed by atoms with Gasteiger partial charge in [0.05, 0.1) is 12.7 Å². The number of anilines is 1. The average molecular weight is 400 g/mol. The van der Waals surface area contributed by atoms with Gasteiger partial charge in [-0.3, -0.25) is 4.79 Å². The lowest BCUT2D eigenvalue weighted by Gasteiger charge is -2.29. The number of β-amino-alcohol motifs (C(OH)–C–C–N with tert-alkyl or cyclic N) is 1. The van der Waals surface area contributed by atoms with Gasteiger partial charge in [0.1, 0.15) is 17.2 Å². The summed E-state index contributed by atoms with van der Waals surface area (Å²) in [6, 6.07) is 11.0. The van der Waals surface area contributed by atoms with Crippen LogP contribution in [-0.2, 0) is 11.2 Å². The van der Waals surface area contributed by atoms with Gasteiger partial charge in [0.25, 0.3) is 5.91 Å². The third-order valence-electron chi connectivity index (χ3n) is 4.79. The van der Waals surface area contributed by atoms with Gasteiger partial charge in [-0.05, 0) is 57.0 Å². The molecule has 1 amide bonds. The number of aromatic hydroxyl groups is 1. The summed E-state index contributed by atoms with van der Waals surface area (Å²) in [6.07, 6.45) is -0.0919. The van der Waals surface area contributed by atoms with Crippen molar-refractivity contribution in [1.82, 2.24) is 5.32 Å². The van der Waals surface area contributed by atoms with Gasteiger partial charge in [-0.15, -0.1) is 0 Å². The van der Waals surface area contributed by atoms with Gasteiger partial charge in [-0.25, -0.2) is 0 Å². The molecule has 4 N–H and O–H groups in total. The average Bonchev–Trinajstić information content (AvgIpc) is 2.68. The highest BCUT2D eigenvalue weighted by Crippen LogP contribution is 2.41. The number of benzene rings is 2. The van der Waals surface area contributed by atoms with Gasteiger partial charge in [-0.1, -0.05) is 12.1 Å². The SMILES string of the molecule is CCOc1ccc(CC(C)(C)NCC(O)c2ccc(O)c3c2OCC(=O)N3)cc1. The number of aliphatic hydroxyl groups is 1. The molecule has 156 valence electrons. The highest BCUT2D eigenvalue weighted by atomic mass is 16.5. The van der Waals surface area contributed by atoms with Crippen molar-refractivity contribution in [3.05, 3.63) is 47.5 Å². The zero-order valence-corrected chi connectivity index (χ0v) is 17.0. The van der Waals surface area contributed by atoms with Gasteiger partial charge in [0, 0.05) is 17.6 Å². The summed E-state index contributed by atoms with van der Waals surface area (Å²) in [4.78, 5) is 11.5. The molecular formula is C22H28N2O5. The van der Waals surface area contributed by atoms with Crippen LogP contribution in [0, 0.1) is 0 Å². The lowest BCUT2D eigenvalue weighted by molar-refractivity contribution is -0.118. The molecule has 1 heterocycles. The molecule has 0 fully saturated rings. The number of hydrogen-bond donors (Lipinski definition) is 4. The normalized spacial score (nSPS) is 14.6. The maximum absolute atomic E-state index is 11.5. The van der Waals surface area contributed by atoms with Gasteiger partial charge in [-0.2, -0.15) is 0 Å². The predicted octanol–water partition coefficient (Wildman–Crippen LogP) is 2.77. The smallest absolute Gasteiger partial charge is 0.262 e. The predicted molar refractivity (Wildman–Crippen MR) is 111 cm³/mol. The molecule has 3 rings (SSSR count). The molecule has 0 aliphatic carbocycles. The summed E-state index contributed by atoms with van der Waals surface area (Å²) < 4.78 is 10.9. The summed E-state index contributed by atoms with van der Waals surface area (Å²) in [5.41, 5.74) is 1.61. The third kappa shape index (κ3) is 5.19. The van der Waals surface area contributed by atoms with Crippen LogP contribution in [0.4, 0.5) is 5.69 Å². The lowest BCUT2D eigenvalue weighted by Crippen LogP contribution is -2.43. The van der Waals surface area contributed by atoms with Crippen LogP contribution in [0.5, 0.6) is 17.2 Å². The third-order valence-corrected chi connectivity index (χ3v) is 4.79. The standard InChI is InChI=1S/C22H28N2O5/c1-4-28-15-7-5-14(6-8-15)11-22(2,3)23-12-18(26)16-9-10-17(25)20-21(16)29-13-19(27)24-20/h5-10,18,23,25-26H,4,11-13H2,1-3H3,(H,24,27). The van der Waals surface area contributed by atoms with E-state index in [9.17, 15) is 15.0 Å². The summed E-state index contributed by atoms with van der Waals surface area (Å²) in [5.74, 6) is 0.728. The van der Waals surface area contributed by atoms with E-state index in [0.29, 0.717) is 24.5 Å². The first kappa shape index (κ1) is 21.0. The van der Waals surface area contributed by atoms with Crippen molar-refractivity contribution in [2.45, 2.75) is 38.8 Å². The van der Waals surface area contributed by atoms with Crippen molar-refractivity contribution in [3.63, 3.8) is 0 Å². The molecule has 0 saturated heterocycles. The first-order chi connectivity index (χ1) is 13.8. The molecule has 0 aromatic heterocycles. The number of nitrogens with one attached hydrogen (secondary N) is 2. The Morgan fingerprint density at radius 1 is 1.24 bits per heavy atom. The Bertz CT molecular complexity index is 864. The number of ether oxygens (including phenoxy) is 2.